The van der Waals surface area contributed by atoms with Gasteiger partial charge in [-0.1, -0.05) is 0 Å². The van der Waals surface area contributed by atoms with Gasteiger partial charge < -0.3 is 14.4 Å². The molecular formula is C17H23N3O3. The first-order valence-electron chi connectivity index (χ1n) is 8.43. The minimum Gasteiger partial charge on any atom is -0.381 e. The molecule has 3 saturated heterocycles. The largest absolute Gasteiger partial charge is 0.381 e. The predicted octanol–water partition coefficient (Wildman–Crippen LogP) is 0.672. The van der Waals surface area contributed by atoms with Crippen molar-refractivity contribution in [2.75, 3.05) is 32.9 Å². The Balaban J connectivity index is 1.47. The van der Waals surface area contributed by atoms with Crippen molar-refractivity contribution in [2.45, 2.75) is 37.6 Å². The summed E-state index contributed by atoms with van der Waals surface area (Å²) in [6, 6.07) is 4.68. The number of pyridine rings is 1. The molecule has 23 heavy (non-hydrogen) atoms. The molecule has 0 bridgehead atoms. The van der Waals surface area contributed by atoms with Gasteiger partial charge in [-0.2, -0.15) is 0 Å². The third kappa shape index (κ3) is 3.11. The van der Waals surface area contributed by atoms with E-state index in [1.807, 2.05) is 17.0 Å². The van der Waals surface area contributed by atoms with Gasteiger partial charge in [0.2, 0.25) is 5.91 Å². The van der Waals surface area contributed by atoms with Gasteiger partial charge in [-0.15, -0.1) is 0 Å². The molecule has 0 radical (unpaired) electrons. The van der Waals surface area contributed by atoms with Crippen LogP contribution in [0.5, 0.6) is 0 Å². The molecule has 0 N–H and O–H groups in total. The highest BCUT2D eigenvalue weighted by Crippen LogP contribution is 2.28. The minimum absolute atomic E-state index is 0.0943. The van der Waals surface area contributed by atoms with Crippen LogP contribution in [0.25, 0.3) is 0 Å². The van der Waals surface area contributed by atoms with Gasteiger partial charge in [0.1, 0.15) is 6.61 Å². The second kappa shape index (κ2) is 6.55. The second-order valence-corrected chi connectivity index (χ2v) is 6.59. The van der Waals surface area contributed by atoms with Crippen molar-refractivity contribution >= 4 is 5.91 Å². The maximum Gasteiger partial charge on any atom is 0.249 e. The van der Waals surface area contributed by atoms with Gasteiger partial charge in [-0.3, -0.25) is 14.7 Å². The molecule has 124 valence electrons. The van der Waals surface area contributed by atoms with Crippen LogP contribution >= 0.6 is 0 Å². The van der Waals surface area contributed by atoms with Gasteiger partial charge >= 0.3 is 0 Å². The summed E-state index contributed by atoms with van der Waals surface area (Å²) in [5.41, 5.74) is 1.12. The van der Waals surface area contributed by atoms with Crippen LogP contribution in [0.15, 0.2) is 24.5 Å². The number of amides is 1. The van der Waals surface area contributed by atoms with Crippen LogP contribution in [0.3, 0.4) is 0 Å². The highest BCUT2D eigenvalue weighted by molar-refractivity contribution is 5.78. The fraction of sp³-hybridized carbons (Fsp3) is 0.647. The van der Waals surface area contributed by atoms with Gasteiger partial charge in [0.05, 0.1) is 12.1 Å². The Hall–Kier alpha value is -1.50. The molecule has 3 fully saturated rings. The fourth-order valence-corrected chi connectivity index (χ4v) is 3.93. The number of carbonyl (C=O) groups excluding carboxylic acids is 1. The number of ether oxygens (including phenoxy) is 2. The number of rotatable bonds is 3. The topological polar surface area (TPSA) is 54.9 Å². The van der Waals surface area contributed by atoms with E-state index in [1.54, 1.807) is 12.4 Å². The summed E-state index contributed by atoms with van der Waals surface area (Å²) in [5, 5.41) is 0. The van der Waals surface area contributed by atoms with Crippen LogP contribution in [0.4, 0.5) is 0 Å². The Labute approximate surface area is 136 Å². The summed E-state index contributed by atoms with van der Waals surface area (Å²) in [7, 11) is 0. The maximum absolute atomic E-state index is 12.4. The van der Waals surface area contributed by atoms with Crippen molar-refractivity contribution < 1.29 is 14.3 Å². The number of hydrogen-bond acceptors (Lipinski definition) is 5. The molecular weight excluding hydrogens is 294 g/mol. The molecule has 6 heteroatoms. The van der Waals surface area contributed by atoms with E-state index >= 15 is 0 Å². The molecule has 2 atom stereocenters. The molecule has 1 aromatic heterocycles. The van der Waals surface area contributed by atoms with Gasteiger partial charge in [-0.25, -0.2) is 0 Å². The van der Waals surface area contributed by atoms with Crippen LogP contribution in [-0.2, 0) is 20.8 Å². The summed E-state index contributed by atoms with van der Waals surface area (Å²) < 4.78 is 11.3. The second-order valence-electron chi connectivity index (χ2n) is 6.59. The number of nitrogens with zero attached hydrogens (tertiary/aromatic N) is 3. The van der Waals surface area contributed by atoms with Crippen molar-refractivity contribution in [3.05, 3.63) is 30.1 Å². The highest BCUT2D eigenvalue weighted by Gasteiger charge is 2.44. The number of fused-ring (bicyclic) bond motifs is 1. The maximum atomic E-state index is 12.4. The Kier molecular flexibility index (Phi) is 4.29. The van der Waals surface area contributed by atoms with E-state index < -0.39 is 0 Å². The molecule has 4 heterocycles. The highest BCUT2D eigenvalue weighted by atomic mass is 16.5. The first-order valence-corrected chi connectivity index (χ1v) is 8.43. The third-order valence-corrected chi connectivity index (χ3v) is 5.22. The molecule has 0 spiro atoms. The van der Waals surface area contributed by atoms with E-state index in [1.165, 1.54) is 0 Å². The average molecular weight is 317 g/mol. The molecule has 3 aliphatic rings. The molecule has 4 rings (SSSR count). The summed E-state index contributed by atoms with van der Waals surface area (Å²) in [6.45, 7) is 4.37. The summed E-state index contributed by atoms with van der Waals surface area (Å²) in [4.78, 5) is 20.9. The van der Waals surface area contributed by atoms with Crippen molar-refractivity contribution in [2.24, 2.45) is 0 Å². The van der Waals surface area contributed by atoms with E-state index in [4.69, 9.17) is 9.47 Å². The number of morpholine rings is 1. The van der Waals surface area contributed by atoms with Crippen molar-refractivity contribution in [1.29, 1.82) is 0 Å². The molecule has 0 aromatic carbocycles. The van der Waals surface area contributed by atoms with Crippen LogP contribution in [-0.4, -0.2) is 71.8 Å². The Morgan fingerprint density at radius 3 is 2.74 bits per heavy atom. The Morgan fingerprint density at radius 1 is 1.17 bits per heavy atom. The van der Waals surface area contributed by atoms with Crippen LogP contribution in [0, 0.1) is 0 Å². The fourth-order valence-electron chi connectivity index (χ4n) is 3.93. The van der Waals surface area contributed by atoms with Crippen LogP contribution < -0.4 is 0 Å². The number of aromatic nitrogens is 1. The Bertz CT molecular complexity index is 547. The number of hydrogen-bond donors (Lipinski definition) is 0. The number of carbonyl (C=O) groups is 1. The van der Waals surface area contributed by atoms with Crippen molar-refractivity contribution in [3.63, 3.8) is 0 Å². The SMILES string of the molecule is O=C1CO[C@@H]2CN(C3CCOCC3)C[C@H]2N1Cc1ccncc1. The Morgan fingerprint density at radius 2 is 1.96 bits per heavy atom. The van der Waals surface area contributed by atoms with Gasteiger partial charge in [-0.05, 0) is 30.5 Å². The van der Waals surface area contributed by atoms with E-state index in [9.17, 15) is 4.79 Å². The van der Waals surface area contributed by atoms with Gasteiger partial charge in [0, 0.05) is 51.3 Å². The van der Waals surface area contributed by atoms with Crippen molar-refractivity contribution in [1.82, 2.24) is 14.8 Å². The molecule has 0 unspecified atom stereocenters. The summed E-state index contributed by atoms with van der Waals surface area (Å²) in [6.07, 6.45) is 5.86. The summed E-state index contributed by atoms with van der Waals surface area (Å²) >= 11 is 0. The predicted molar refractivity (Wildman–Crippen MR) is 83.7 cm³/mol. The molecule has 6 nitrogen and oxygen atoms in total. The molecule has 0 saturated carbocycles. The lowest BCUT2D eigenvalue weighted by molar-refractivity contribution is -0.153. The zero-order valence-electron chi connectivity index (χ0n) is 13.3. The number of likely N-dealkylation sites (tertiary alicyclic amines) is 1. The molecule has 0 aliphatic carbocycles. The smallest absolute Gasteiger partial charge is 0.249 e. The van der Waals surface area contributed by atoms with E-state index in [2.05, 4.69) is 9.88 Å². The van der Waals surface area contributed by atoms with Crippen LogP contribution in [0.2, 0.25) is 0 Å². The lowest BCUT2D eigenvalue weighted by atomic mass is 10.1. The lowest BCUT2D eigenvalue weighted by Crippen LogP contribution is -2.53. The quantitative estimate of drug-likeness (QED) is 0.820. The van der Waals surface area contributed by atoms with Gasteiger partial charge in [0.25, 0.3) is 0 Å². The zero-order chi connectivity index (χ0) is 15.6. The normalized spacial score (nSPS) is 29.7. The molecule has 1 amide bonds. The molecule has 1 aromatic rings. The van der Waals surface area contributed by atoms with Crippen molar-refractivity contribution in [3.8, 4) is 0 Å². The minimum atomic E-state index is 0.0943. The molecule has 3 aliphatic heterocycles. The summed E-state index contributed by atoms with van der Waals surface area (Å²) in [5.74, 6) is 0.0943. The first kappa shape index (κ1) is 15.1. The van der Waals surface area contributed by atoms with Crippen LogP contribution in [0.1, 0.15) is 18.4 Å². The third-order valence-electron chi connectivity index (χ3n) is 5.22. The average Bonchev–Trinajstić information content (AvgIpc) is 3.04. The zero-order valence-corrected chi connectivity index (χ0v) is 13.3. The van der Waals surface area contributed by atoms with E-state index in [0.29, 0.717) is 12.6 Å². The van der Waals surface area contributed by atoms with E-state index in [-0.39, 0.29) is 24.7 Å². The van der Waals surface area contributed by atoms with E-state index in [0.717, 1.165) is 44.7 Å². The first-order chi connectivity index (χ1) is 11.3. The van der Waals surface area contributed by atoms with Gasteiger partial charge in [0.15, 0.2) is 0 Å². The monoisotopic (exact) mass is 317 g/mol. The standard InChI is InChI=1S/C17H23N3O3/c21-17-12-23-16-11-19(14-3-7-22-8-4-14)10-15(16)20(17)9-13-1-5-18-6-2-13/h1-2,5-6,14-16H,3-4,7-12H2/t15-,16-/m1/s1. The lowest BCUT2D eigenvalue weighted by Gasteiger charge is -2.37.